The summed E-state index contributed by atoms with van der Waals surface area (Å²) in [5.74, 6) is 1.20. The van der Waals surface area contributed by atoms with Crippen LogP contribution in [0, 0.1) is 6.92 Å². The van der Waals surface area contributed by atoms with E-state index in [1.807, 2.05) is 25.1 Å². The minimum Gasteiger partial charge on any atom is -0.353 e. The highest BCUT2D eigenvalue weighted by molar-refractivity contribution is 9.10. The fourth-order valence-electron chi connectivity index (χ4n) is 1.53. The van der Waals surface area contributed by atoms with Gasteiger partial charge in [0.15, 0.2) is 5.82 Å². The average molecular weight is 322 g/mol. The Kier molecular flexibility index (Phi) is 4.68. The van der Waals surface area contributed by atoms with Gasteiger partial charge in [-0.1, -0.05) is 13.0 Å². The van der Waals surface area contributed by atoms with Gasteiger partial charge in [0.05, 0.1) is 11.9 Å². The van der Waals surface area contributed by atoms with Crippen molar-refractivity contribution in [1.29, 1.82) is 0 Å². The normalized spacial score (nSPS) is 10.3. The number of benzene rings is 1. The maximum absolute atomic E-state index is 4.35. The molecule has 2 N–H and O–H groups in total. The standard InChI is InChI=1S/C13H16BrN5/c1-3-6-15-13-18-12(8-16-19-13)17-11-5-4-9(2)7-10(11)14/h4-5,7-8H,3,6H2,1-2H3,(H2,15,17,18,19). The first-order valence-electron chi connectivity index (χ1n) is 6.16. The van der Waals surface area contributed by atoms with Gasteiger partial charge in [-0.05, 0) is 47.0 Å². The molecule has 0 bridgehead atoms. The fraction of sp³-hybridized carbons (Fsp3) is 0.308. The number of hydrogen-bond donors (Lipinski definition) is 2. The minimum atomic E-state index is 0.537. The molecule has 0 radical (unpaired) electrons. The molecule has 0 unspecified atom stereocenters. The molecule has 19 heavy (non-hydrogen) atoms. The lowest BCUT2D eigenvalue weighted by Gasteiger charge is -2.09. The van der Waals surface area contributed by atoms with E-state index < -0.39 is 0 Å². The van der Waals surface area contributed by atoms with Crippen molar-refractivity contribution in [2.24, 2.45) is 0 Å². The van der Waals surface area contributed by atoms with Gasteiger partial charge in [-0.3, -0.25) is 0 Å². The summed E-state index contributed by atoms with van der Waals surface area (Å²) >= 11 is 3.52. The van der Waals surface area contributed by atoms with Crippen LogP contribution in [0.25, 0.3) is 0 Å². The lowest BCUT2D eigenvalue weighted by atomic mass is 10.2. The van der Waals surface area contributed by atoms with Crippen LogP contribution in [0.3, 0.4) is 0 Å². The number of hydrogen-bond acceptors (Lipinski definition) is 5. The number of nitrogens with one attached hydrogen (secondary N) is 2. The maximum atomic E-state index is 4.35. The third kappa shape index (κ3) is 3.89. The van der Waals surface area contributed by atoms with E-state index in [1.165, 1.54) is 5.56 Å². The van der Waals surface area contributed by atoms with Crippen molar-refractivity contribution in [3.63, 3.8) is 0 Å². The van der Waals surface area contributed by atoms with Gasteiger partial charge < -0.3 is 10.6 Å². The molecule has 0 spiro atoms. The van der Waals surface area contributed by atoms with Crippen LogP contribution in [0.5, 0.6) is 0 Å². The van der Waals surface area contributed by atoms with Gasteiger partial charge >= 0.3 is 0 Å². The second-order valence-corrected chi connectivity index (χ2v) is 5.05. The summed E-state index contributed by atoms with van der Waals surface area (Å²) in [6, 6.07) is 6.09. The van der Waals surface area contributed by atoms with E-state index in [4.69, 9.17) is 0 Å². The quantitative estimate of drug-likeness (QED) is 0.882. The molecular formula is C13H16BrN5. The van der Waals surface area contributed by atoms with Gasteiger partial charge in [0.2, 0.25) is 5.95 Å². The predicted molar refractivity (Wildman–Crippen MR) is 80.8 cm³/mol. The second kappa shape index (κ2) is 6.47. The molecule has 0 amide bonds. The largest absolute Gasteiger partial charge is 0.353 e. The van der Waals surface area contributed by atoms with Crippen LogP contribution in [-0.4, -0.2) is 21.7 Å². The molecule has 0 atom stereocenters. The zero-order valence-corrected chi connectivity index (χ0v) is 12.5. The highest BCUT2D eigenvalue weighted by atomic mass is 79.9. The van der Waals surface area contributed by atoms with Gasteiger partial charge in [0.25, 0.3) is 0 Å². The van der Waals surface area contributed by atoms with E-state index in [0.29, 0.717) is 11.8 Å². The third-order valence-corrected chi connectivity index (χ3v) is 3.14. The molecule has 0 saturated heterocycles. The van der Waals surface area contributed by atoms with Gasteiger partial charge in [-0.15, -0.1) is 5.10 Å². The number of rotatable bonds is 5. The van der Waals surface area contributed by atoms with E-state index >= 15 is 0 Å². The van der Waals surface area contributed by atoms with Crippen molar-refractivity contribution in [2.75, 3.05) is 17.2 Å². The number of halogens is 1. The van der Waals surface area contributed by atoms with Gasteiger partial charge in [-0.25, -0.2) is 0 Å². The Bertz CT molecular complexity index is 558. The Labute approximate surface area is 121 Å². The van der Waals surface area contributed by atoms with Crippen LogP contribution < -0.4 is 10.6 Å². The number of anilines is 3. The first kappa shape index (κ1) is 13.7. The molecule has 6 heteroatoms. The molecule has 0 aliphatic rings. The van der Waals surface area contributed by atoms with Crippen LogP contribution in [0.15, 0.2) is 28.9 Å². The van der Waals surface area contributed by atoms with Gasteiger partial charge in [0, 0.05) is 11.0 Å². The zero-order chi connectivity index (χ0) is 13.7. The van der Waals surface area contributed by atoms with E-state index in [-0.39, 0.29) is 0 Å². The van der Waals surface area contributed by atoms with Gasteiger partial charge in [-0.2, -0.15) is 10.1 Å². The molecule has 1 aromatic carbocycles. The third-order valence-electron chi connectivity index (χ3n) is 2.48. The van der Waals surface area contributed by atoms with Crippen LogP contribution in [-0.2, 0) is 0 Å². The molecule has 2 aromatic rings. The number of aromatic nitrogens is 3. The SMILES string of the molecule is CCCNc1nncc(Nc2ccc(C)cc2Br)n1. The fourth-order valence-corrected chi connectivity index (χ4v) is 2.13. The average Bonchev–Trinajstić information content (AvgIpc) is 2.40. The van der Waals surface area contributed by atoms with E-state index in [9.17, 15) is 0 Å². The van der Waals surface area contributed by atoms with Crippen LogP contribution in [0.4, 0.5) is 17.5 Å². The minimum absolute atomic E-state index is 0.537. The number of nitrogens with zero attached hydrogens (tertiary/aromatic N) is 3. The molecule has 0 aliphatic heterocycles. The Morgan fingerprint density at radius 1 is 1.32 bits per heavy atom. The summed E-state index contributed by atoms with van der Waals surface area (Å²) in [6.45, 7) is 4.97. The summed E-state index contributed by atoms with van der Waals surface area (Å²) in [5.41, 5.74) is 2.15. The summed E-state index contributed by atoms with van der Waals surface area (Å²) in [7, 11) is 0. The maximum Gasteiger partial charge on any atom is 0.244 e. The molecule has 1 aromatic heterocycles. The molecule has 0 fully saturated rings. The summed E-state index contributed by atoms with van der Waals surface area (Å²) < 4.78 is 0.995. The Hall–Kier alpha value is -1.69. The Morgan fingerprint density at radius 3 is 2.89 bits per heavy atom. The topological polar surface area (TPSA) is 62.7 Å². The molecule has 1 heterocycles. The lowest BCUT2D eigenvalue weighted by molar-refractivity contribution is 0.913. The first-order chi connectivity index (χ1) is 9.19. The highest BCUT2D eigenvalue weighted by Crippen LogP contribution is 2.25. The molecule has 5 nitrogen and oxygen atoms in total. The smallest absolute Gasteiger partial charge is 0.244 e. The highest BCUT2D eigenvalue weighted by Gasteiger charge is 2.03. The molecular weight excluding hydrogens is 306 g/mol. The first-order valence-corrected chi connectivity index (χ1v) is 6.95. The molecule has 100 valence electrons. The van der Waals surface area contributed by atoms with E-state index in [2.05, 4.69) is 48.7 Å². The monoisotopic (exact) mass is 321 g/mol. The number of aryl methyl sites for hydroxylation is 1. The lowest BCUT2D eigenvalue weighted by Crippen LogP contribution is -2.07. The van der Waals surface area contributed by atoms with Crippen molar-refractivity contribution in [1.82, 2.24) is 15.2 Å². The predicted octanol–water partition coefficient (Wildman–Crippen LogP) is 3.51. The van der Waals surface area contributed by atoms with Crippen molar-refractivity contribution < 1.29 is 0 Å². The summed E-state index contributed by atoms with van der Waals surface area (Å²) in [5, 5.41) is 14.2. The molecule has 0 saturated carbocycles. The van der Waals surface area contributed by atoms with E-state index in [0.717, 1.165) is 23.1 Å². The van der Waals surface area contributed by atoms with Crippen molar-refractivity contribution >= 4 is 33.4 Å². The van der Waals surface area contributed by atoms with Crippen LogP contribution in [0.2, 0.25) is 0 Å². The summed E-state index contributed by atoms with van der Waals surface area (Å²) in [4.78, 5) is 4.35. The summed E-state index contributed by atoms with van der Waals surface area (Å²) in [6.07, 6.45) is 2.62. The molecule has 2 rings (SSSR count). The van der Waals surface area contributed by atoms with Crippen molar-refractivity contribution in [2.45, 2.75) is 20.3 Å². The van der Waals surface area contributed by atoms with Crippen molar-refractivity contribution in [3.05, 3.63) is 34.4 Å². The van der Waals surface area contributed by atoms with Gasteiger partial charge in [0.1, 0.15) is 0 Å². The van der Waals surface area contributed by atoms with Crippen LogP contribution in [0.1, 0.15) is 18.9 Å². The Morgan fingerprint density at radius 2 is 2.16 bits per heavy atom. The zero-order valence-electron chi connectivity index (χ0n) is 10.9. The second-order valence-electron chi connectivity index (χ2n) is 4.20. The van der Waals surface area contributed by atoms with Crippen LogP contribution >= 0.6 is 15.9 Å². The molecule has 0 aliphatic carbocycles. The van der Waals surface area contributed by atoms with Crippen molar-refractivity contribution in [3.8, 4) is 0 Å². The van der Waals surface area contributed by atoms with E-state index in [1.54, 1.807) is 6.20 Å². The Balaban J connectivity index is 2.14.